The van der Waals surface area contributed by atoms with Crippen LogP contribution in [0.5, 0.6) is 0 Å². The zero-order valence-electron chi connectivity index (χ0n) is 26.2. The first-order valence-corrected chi connectivity index (χ1v) is 15.3. The van der Waals surface area contributed by atoms with Crippen LogP contribution in [0.4, 0.5) is 0 Å². The molecule has 1 heterocycles. The van der Waals surface area contributed by atoms with Gasteiger partial charge in [-0.15, -0.1) is 0 Å². The molecule has 2 amide bonds. The van der Waals surface area contributed by atoms with E-state index in [1.807, 2.05) is 6.92 Å². The lowest BCUT2D eigenvalue weighted by Gasteiger charge is -2.17. The number of aromatic amines is 1. The fourth-order valence-electron chi connectivity index (χ4n) is 4.04. The third-order valence-corrected chi connectivity index (χ3v) is 6.46. The zero-order chi connectivity index (χ0) is 32.4. The van der Waals surface area contributed by atoms with Crippen molar-refractivity contribution < 1.29 is 42.9 Å². The zero-order valence-corrected chi connectivity index (χ0v) is 26.2. The minimum Gasteiger partial charge on any atom is -0.379 e. The van der Waals surface area contributed by atoms with E-state index < -0.39 is 12.0 Å². The Hall–Kier alpha value is -3.04. The molecule has 250 valence electrons. The molecule has 0 aliphatic rings. The van der Waals surface area contributed by atoms with Crippen LogP contribution >= 0.6 is 0 Å². The number of Topliss-reactive ketones (excluding diaryl/α,β-unsaturated/α-hetero) is 3. The average molecular weight is 626 g/mol. The molecule has 0 aliphatic heterocycles. The molecule has 0 aliphatic carbocycles. The van der Waals surface area contributed by atoms with Gasteiger partial charge < -0.3 is 45.1 Å². The molecule has 0 spiro atoms. The van der Waals surface area contributed by atoms with E-state index in [1.165, 1.54) is 13.3 Å². The number of unbranched alkanes of at least 4 members (excludes halogenated alkanes) is 1. The molecule has 2 atom stereocenters. The summed E-state index contributed by atoms with van der Waals surface area (Å²) < 4.78 is 21.2. The number of nitrogens with one attached hydrogen (secondary N) is 3. The fourth-order valence-corrected chi connectivity index (χ4v) is 4.04. The Balaban J connectivity index is 2.15. The van der Waals surface area contributed by atoms with Gasteiger partial charge in [-0.3, -0.25) is 19.2 Å². The lowest BCUT2D eigenvalue weighted by Crippen LogP contribution is -2.35. The van der Waals surface area contributed by atoms with Gasteiger partial charge >= 0.3 is 0 Å². The molecule has 0 aromatic carbocycles. The van der Waals surface area contributed by atoms with Crippen molar-refractivity contribution in [2.75, 3.05) is 65.9 Å². The van der Waals surface area contributed by atoms with Crippen molar-refractivity contribution >= 4 is 29.2 Å². The number of aromatic nitrogens is 2. The Labute approximate surface area is 259 Å². The lowest BCUT2D eigenvalue weighted by molar-refractivity contribution is -0.129. The van der Waals surface area contributed by atoms with Crippen LogP contribution in [0.1, 0.15) is 64.5 Å². The highest BCUT2D eigenvalue weighted by Gasteiger charge is 2.25. The number of nitrogens with two attached hydrogens (primary N) is 1. The van der Waals surface area contributed by atoms with Gasteiger partial charge in [0, 0.05) is 63.2 Å². The first kappa shape index (κ1) is 39.0. The van der Waals surface area contributed by atoms with Gasteiger partial charge in [-0.2, -0.15) is 0 Å². The summed E-state index contributed by atoms with van der Waals surface area (Å²) in [6, 6.07) is -0.754. The fraction of sp³-hybridized carbons (Fsp3) is 0.733. The number of H-pyrrole nitrogens is 1. The number of hydrogen-bond acceptors (Lipinski definition) is 11. The van der Waals surface area contributed by atoms with Crippen LogP contribution in [-0.4, -0.2) is 111 Å². The van der Waals surface area contributed by atoms with Crippen molar-refractivity contribution in [3.05, 3.63) is 18.2 Å². The topological polar surface area (TPSA) is 201 Å². The molecule has 0 saturated heterocycles. The average Bonchev–Trinajstić information content (AvgIpc) is 3.51. The third kappa shape index (κ3) is 20.8. The third-order valence-electron chi connectivity index (χ3n) is 6.46. The number of ketones is 3. The van der Waals surface area contributed by atoms with Crippen LogP contribution in [0.15, 0.2) is 12.5 Å². The van der Waals surface area contributed by atoms with Gasteiger partial charge in [-0.05, 0) is 26.2 Å². The minimum absolute atomic E-state index is 0.0180. The molecule has 0 unspecified atom stereocenters. The van der Waals surface area contributed by atoms with Crippen LogP contribution in [0.25, 0.3) is 0 Å². The number of carbonyl (C=O) groups is 5. The van der Waals surface area contributed by atoms with Crippen LogP contribution in [-0.2, 0) is 49.3 Å². The molecule has 1 aromatic heterocycles. The van der Waals surface area contributed by atoms with Crippen molar-refractivity contribution in [3.63, 3.8) is 0 Å². The number of hydrogen-bond donors (Lipinski definition) is 4. The van der Waals surface area contributed by atoms with Gasteiger partial charge in [0.15, 0.2) is 5.78 Å². The van der Waals surface area contributed by atoms with E-state index in [-0.39, 0.29) is 74.9 Å². The van der Waals surface area contributed by atoms with E-state index in [0.717, 1.165) is 12.1 Å². The number of rotatable bonds is 29. The van der Waals surface area contributed by atoms with E-state index in [1.54, 1.807) is 6.20 Å². The number of imidazole rings is 1. The van der Waals surface area contributed by atoms with E-state index in [9.17, 15) is 24.0 Å². The SMILES string of the molecule is CCCOCCOCC(=O)NCCOCCOCC(=O)NCCCC[C@H](CC(=O)[C@@H](N)Cc1cnc[nH]1)C(=O)CCC(C)=O. The van der Waals surface area contributed by atoms with Crippen LogP contribution in [0, 0.1) is 5.92 Å². The van der Waals surface area contributed by atoms with Crippen molar-refractivity contribution in [1.82, 2.24) is 20.6 Å². The second kappa shape index (κ2) is 25.3. The van der Waals surface area contributed by atoms with E-state index in [0.29, 0.717) is 65.2 Å². The first-order valence-electron chi connectivity index (χ1n) is 15.3. The van der Waals surface area contributed by atoms with Gasteiger partial charge in [-0.1, -0.05) is 13.3 Å². The highest BCUT2D eigenvalue weighted by atomic mass is 16.5. The molecule has 0 fully saturated rings. The van der Waals surface area contributed by atoms with Crippen LogP contribution in [0.3, 0.4) is 0 Å². The van der Waals surface area contributed by atoms with Crippen LogP contribution in [0.2, 0.25) is 0 Å². The molecule has 1 rings (SSSR count). The van der Waals surface area contributed by atoms with Crippen molar-refractivity contribution in [1.29, 1.82) is 0 Å². The quantitative estimate of drug-likeness (QED) is 0.0912. The second-order valence-corrected chi connectivity index (χ2v) is 10.4. The molecule has 44 heavy (non-hydrogen) atoms. The van der Waals surface area contributed by atoms with E-state index in [4.69, 9.17) is 24.7 Å². The lowest BCUT2D eigenvalue weighted by atomic mass is 9.87. The van der Waals surface area contributed by atoms with Gasteiger partial charge in [0.05, 0.1) is 45.4 Å². The molecule has 1 aromatic rings. The molecular formula is C30H51N5O9. The van der Waals surface area contributed by atoms with Gasteiger partial charge in [0.25, 0.3) is 0 Å². The number of ether oxygens (including phenoxy) is 4. The summed E-state index contributed by atoms with van der Waals surface area (Å²) in [5, 5.41) is 5.45. The Morgan fingerprint density at radius 2 is 1.48 bits per heavy atom. The summed E-state index contributed by atoms with van der Waals surface area (Å²) in [6.45, 7) is 6.35. The Morgan fingerprint density at radius 3 is 2.09 bits per heavy atom. The molecular weight excluding hydrogens is 574 g/mol. The van der Waals surface area contributed by atoms with Crippen molar-refractivity contribution in [2.45, 2.75) is 71.3 Å². The molecule has 0 radical (unpaired) electrons. The summed E-state index contributed by atoms with van der Waals surface area (Å²) in [4.78, 5) is 67.3. The maximum atomic E-state index is 12.7. The number of carbonyl (C=O) groups excluding carboxylic acids is 5. The van der Waals surface area contributed by atoms with Crippen LogP contribution < -0.4 is 16.4 Å². The summed E-state index contributed by atoms with van der Waals surface area (Å²) in [7, 11) is 0. The monoisotopic (exact) mass is 625 g/mol. The maximum absolute atomic E-state index is 12.7. The molecule has 0 saturated carbocycles. The predicted molar refractivity (Wildman–Crippen MR) is 162 cm³/mol. The van der Waals surface area contributed by atoms with Gasteiger partial charge in [-0.25, -0.2) is 4.98 Å². The maximum Gasteiger partial charge on any atom is 0.246 e. The van der Waals surface area contributed by atoms with Gasteiger partial charge in [0.1, 0.15) is 24.8 Å². The first-order chi connectivity index (χ1) is 21.2. The molecule has 5 N–H and O–H groups in total. The highest BCUT2D eigenvalue weighted by Crippen LogP contribution is 2.19. The second-order valence-electron chi connectivity index (χ2n) is 10.4. The summed E-state index contributed by atoms with van der Waals surface area (Å²) >= 11 is 0. The molecule has 14 heteroatoms. The largest absolute Gasteiger partial charge is 0.379 e. The number of nitrogens with zero attached hydrogens (tertiary/aromatic N) is 1. The normalized spacial score (nSPS) is 12.4. The smallest absolute Gasteiger partial charge is 0.246 e. The summed E-state index contributed by atoms with van der Waals surface area (Å²) in [5.74, 6) is -1.44. The highest BCUT2D eigenvalue weighted by molar-refractivity contribution is 5.92. The molecule has 14 nitrogen and oxygen atoms in total. The predicted octanol–water partition coefficient (Wildman–Crippen LogP) is 0.672. The van der Waals surface area contributed by atoms with Gasteiger partial charge in [0.2, 0.25) is 11.8 Å². The Kier molecular flexibility index (Phi) is 22.4. The standard InChI is InChI=1S/C30H51N5O9/c1-3-11-41-13-15-43-21-30(40)34-10-12-42-14-16-44-20-29(39)33-9-5-4-6-24(27(37)8-7-23(2)36)17-28(38)26(31)18-25-19-32-22-35-25/h19,22,24,26H,3-18,20-21,31H2,1-2H3,(H,32,35)(H,33,39)(H,34,40)/t24-,26+/m1/s1. The number of amides is 2. The Morgan fingerprint density at radius 1 is 0.841 bits per heavy atom. The summed E-state index contributed by atoms with van der Waals surface area (Å²) in [6.07, 6.45) is 6.31. The van der Waals surface area contributed by atoms with E-state index >= 15 is 0 Å². The van der Waals surface area contributed by atoms with Crippen molar-refractivity contribution in [2.24, 2.45) is 11.7 Å². The summed E-state index contributed by atoms with van der Waals surface area (Å²) in [5.41, 5.74) is 6.80. The van der Waals surface area contributed by atoms with E-state index in [2.05, 4.69) is 20.6 Å². The minimum atomic E-state index is -0.754. The van der Waals surface area contributed by atoms with Crippen molar-refractivity contribution in [3.8, 4) is 0 Å². The Bertz CT molecular complexity index is 959. The molecule has 0 bridgehead atoms.